The molecule has 0 bridgehead atoms. The lowest BCUT2D eigenvalue weighted by Gasteiger charge is -2.36. The Kier molecular flexibility index (Phi) is 4.81. The van der Waals surface area contributed by atoms with Crippen molar-refractivity contribution in [3.63, 3.8) is 0 Å². The first-order valence-corrected chi connectivity index (χ1v) is 11.7. The minimum absolute atomic E-state index is 0.0337. The van der Waals surface area contributed by atoms with Gasteiger partial charge < -0.3 is 9.80 Å². The second kappa shape index (κ2) is 7.86. The predicted molar refractivity (Wildman–Crippen MR) is 134 cm³/mol. The van der Waals surface area contributed by atoms with E-state index in [1.165, 1.54) is 0 Å². The van der Waals surface area contributed by atoms with Crippen molar-refractivity contribution < 1.29 is 9.20 Å². The summed E-state index contributed by atoms with van der Waals surface area (Å²) in [5.74, 6) is 0.0337. The van der Waals surface area contributed by atoms with E-state index < -0.39 is 0 Å². The summed E-state index contributed by atoms with van der Waals surface area (Å²) >= 11 is 11.8. The molecule has 0 atom stereocenters. The van der Waals surface area contributed by atoms with Crippen LogP contribution in [0.2, 0.25) is 5.02 Å². The lowest BCUT2D eigenvalue weighted by atomic mass is 10.1. The van der Waals surface area contributed by atoms with Crippen LogP contribution in [0, 0.1) is 4.77 Å². The maximum absolute atomic E-state index is 13.3. The number of hydrogen-bond acceptors (Lipinski definition) is 3. The Labute approximate surface area is 200 Å². The Morgan fingerprint density at radius 1 is 0.909 bits per heavy atom. The van der Waals surface area contributed by atoms with Crippen LogP contribution < -0.4 is 9.30 Å². The molecule has 164 valence electrons. The van der Waals surface area contributed by atoms with Gasteiger partial charge in [0.15, 0.2) is 0 Å². The fourth-order valence-electron chi connectivity index (χ4n) is 4.66. The van der Waals surface area contributed by atoms with Gasteiger partial charge in [0.05, 0.1) is 5.39 Å². The van der Waals surface area contributed by atoms with E-state index in [9.17, 15) is 4.79 Å². The molecule has 33 heavy (non-hydrogen) atoms. The molecule has 8 heteroatoms. The minimum atomic E-state index is 0.0337. The summed E-state index contributed by atoms with van der Waals surface area (Å²) in [7, 11) is 0. The Morgan fingerprint density at radius 2 is 1.73 bits per heavy atom. The second-order valence-corrected chi connectivity index (χ2v) is 9.10. The molecule has 3 heterocycles. The SMILES string of the molecule is O=C(c1ccc2c(c1)[nH]c(=S)[n+]1c3ccccc3[nH]c21)N1CCN(c2cccc(Cl)c2)CC1. The van der Waals surface area contributed by atoms with Gasteiger partial charge in [-0.15, -0.1) is 0 Å². The lowest BCUT2D eigenvalue weighted by molar-refractivity contribution is -0.491. The van der Waals surface area contributed by atoms with Crippen LogP contribution >= 0.6 is 23.8 Å². The molecule has 0 radical (unpaired) electrons. The zero-order chi connectivity index (χ0) is 22.5. The maximum Gasteiger partial charge on any atom is 0.300 e. The number of fused-ring (bicyclic) bond motifs is 5. The average Bonchev–Trinajstić information content (AvgIpc) is 3.24. The van der Waals surface area contributed by atoms with Crippen molar-refractivity contribution in [2.75, 3.05) is 31.1 Å². The standard InChI is InChI=1S/C25H20ClN5OS/c26-17-4-3-5-18(15-17)29-10-12-30(13-11-29)24(32)16-8-9-19-21(14-16)28-25(33)31-22-7-2-1-6-20(22)27-23(19)31/h1-9,14-15H,10-13H2,(H,27,28,33)/p+1. The average molecular weight is 475 g/mol. The molecule has 1 amide bonds. The molecule has 2 N–H and O–H groups in total. The first-order chi connectivity index (χ1) is 16.1. The van der Waals surface area contributed by atoms with Gasteiger partial charge in [0, 0.05) is 42.5 Å². The molecule has 3 aromatic carbocycles. The number of nitrogens with one attached hydrogen (secondary N) is 2. The van der Waals surface area contributed by atoms with E-state index in [4.69, 9.17) is 23.8 Å². The molecule has 0 saturated carbocycles. The van der Waals surface area contributed by atoms with E-state index in [0.717, 1.165) is 51.4 Å². The quantitative estimate of drug-likeness (QED) is 0.287. The van der Waals surface area contributed by atoms with Crippen molar-refractivity contribution in [1.29, 1.82) is 0 Å². The molecule has 5 aromatic rings. The van der Waals surface area contributed by atoms with Crippen LogP contribution in [0.4, 0.5) is 5.69 Å². The number of carbonyl (C=O) groups is 1. The van der Waals surface area contributed by atoms with Gasteiger partial charge in [-0.1, -0.05) is 29.8 Å². The summed E-state index contributed by atoms with van der Waals surface area (Å²) in [4.78, 5) is 24.2. The molecule has 1 saturated heterocycles. The molecular weight excluding hydrogens is 454 g/mol. The highest BCUT2D eigenvalue weighted by molar-refractivity contribution is 7.71. The van der Waals surface area contributed by atoms with Crippen molar-refractivity contribution in [2.24, 2.45) is 0 Å². The molecule has 1 aliphatic rings. The zero-order valence-electron chi connectivity index (χ0n) is 17.7. The second-order valence-electron chi connectivity index (χ2n) is 8.28. The fourth-order valence-corrected chi connectivity index (χ4v) is 5.14. The van der Waals surface area contributed by atoms with Crippen LogP contribution in [-0.4, -0.2) is 47.0 Å². The summed E-state index contributed by atoms with van der Waals surface area (Å²) < 4.78 is 2.60. The fraction of sp³-hybridized carbons (Fsp3) is 0.160. The van der Waals surface area contributed by atoms with Gasteiger partial charge in [0.2, 0.25) is 5.65 Å². The number of benzene rings is 3. The smallest absolute Gasteiger partial charge is 0.300 e. The summed E-state index contributed by atoms with van der Waals surface area (Å²) in [6, 6.07) is 21.7. The minimum Gasteiger partial charge on any atom is -0.368 e. The molecule has 1 aliphatic heterocycles. The van der Waals surface area contributed by atoms with Crippen molar-refractivity contribution in [3.05, 3.63) is 82.1 Å². The molecular formula is C25H21ClN5OS+. The van der Waals surface area contributed by atoms with E-state index in [2.05, 4.69) is 20.9 Å². The van der Waals surface area contributed by atoms with Crippen molar-refractivity contribution in [2.45, 2.75) is 0 Å². The number of imidazole rings is 1. The van der Waals surface area contributed by atoms with Crippen LogP contribution in [0.5, 0.6) is 0 Å². The summed E-state index contributed by atoms with van der Waals surface area (Å²) in [6.07, 6.45) is 0. The number of hydrogen-bond donors (Lipinski definition) is 2. The third kappa shape index (κ3) is 3.44. The molecule has 6 nitrogen and oxygen atoms in total. The number of rotatable bonds is 2. The number of nitrogens with zero attached hydrogens (tertiary/aromatic N) is 3. The highest BCUT2D eigenvalue weighted by Crippen LogP contribution is 2.23. The van der Waals surface area contributed by atoms with E-state index >= 15 is 0 Å². The highest BCUT2D eigenvalue weighted by Gasteiger charge is 2.24. The van der Waals surface area contributed by atoms with Gasteiger partial charge in [0.1, 0.15) is 16.6 Å². The van der Waals surface area contributed by atoms with Gasteiger partial charge in [-0.3, -0.25) is 14.8 Å². The van der Waals surface area contributed by atoms with E-state index in [1.54, 1.807) is 0 Å². The number of halogens is 1. The number of carbonyl (C=O) groups excluding carboxylic acids is 1. The van der Waals surface area contributed by atoms with Gasteiger partial charge in [-0.05, 0) is 60.7 Å². The van der Waals surface area contributed by atoms with Crippen LogP contribution in [0.3, 0.4) is 0 Å². The molecule has 6 rings (SSSR count). The van der Waals surface area contributed by atoms with Crippen LogP contribution in [-0.2, 0) is 0 Å². The lowest BCUT2D eigenvalue weighted by Crippen LogP contribution is -2.48. The Morgan fingerprint density at radius 3 is 2.55 bits per heavy atom. The van der Waals surface area contributed by atoms with Crippen LogP contribution in [0.25, 0.3) is 27.6 Å². The number of aromatic nitrogens is 3. The summed E-state index contributed by atoms with van der Waals surface area (Å²) in [5, 5.41) is 1.71. The largest absolute Gasteiger partial charge is 0.368 e. The number of aromatic amines is 2. The number of anilines is 1. The van der Waals surface area contributed by atoms with Crippen molar-refractivity contribution >= 4 is 63.0 Å². The summed E-state index contributed by atoms with van der Waals surface area (Å²) in [5.41, 5.74) is 5.55. The van der Waals surface area contributed by atoms with Crippen LogP contribution in [0.15, 0.2) is 66.7 Å². The Hall–Kier alpha value is -3.42. The predicted octanol–water partition coefficient (Wildman–Crippen LogP) is 4.73. The van der Waals surface area contributed by atoms with Crippen LogP contribution in [0.1, 0.15) is 10.4 Å². The summed E-state index contributed by atoms with van der Waals surface area (Å²) in [6.45, 7) is 2.87. The van der Waals surface area contributed by atoms with Gasteiger partial charge in [-0.2, -0.15) is 4.40 Å². The van der Waals surface area contributed by atoms with Crippen molar-refractivity contribution in [3.8, 4) is 0 Å². The third-order valence-corrected chi connectivity index (χ3v) is 6.85. The Balaban J connectivity index is 1.29. The topological polar surface area (TPSA) is 59.2 Å². The Bertz CT molecular complexity index is 1600. The maximum atomic E-state index is 13.3. The monoisotopic (exact) mass is 474 g/mol. The number of H-pyrrole nitrogens is 2. The molecule has 0 unspecified atom stereocenters. The van der Waals surface area contributed by atoms with Crippen molar-refractivity contribution in [1.82, 2.24) is 14.9 Å². The normalized spacial score (nSPS) is 14.5. The number of amides is 1. The molecule has 2 aromatic heterocycles. The number of piperazine rings is 1. The molecule has 0 aliphatic carbocycles. The van der Waals surface area contributed by atoms with Gasteiger partial charge in [-0.25, -0.2) is 0 Å². The van der Waals surface area contributed by atoms with E-state index in [0.29, 0.717) is 23.4 Å². The van der Waals surface area contributed by atoms with Gasteiger partial charge in [0.25, 0.3) is 10.7 Å². The first-order valence-electron chi connectivity index (χ1n) is 10.9. The van der Waals surface area contributed by atoms with E-state index in [1.807, 2.05) is 70.0 Å². The highest BCUT2D eigenvalue weighted by atomic mass is 35.5. The zero-order valence-corrected chi connectivity index (χ0v) is 19.3. The van der Waals surface area contributed by atoms with Gasteiger partial charge >= 0.3 is 0 Å². The number of para-hydroxylation sites is 2. The third-order valence-electron chi connectivity index (χ3n) is 6.33. The molecule has 0 spiro atoms. The van der Waals surface area contributed by atoms with E-state index in [-0.39, 0.29) is 5.91 Å². The molecule has 1 fully saturated rings. The first kappa shape index (κ1) is 20.2.